The van der Waals surface area contributed by atoms with Crippen LogP contribution in [0.2, 0.25) is 0 Å². The Morgan fingerprint density at radius 2 is 1.68 bits per heavy atom. The fourth-order valence-corrected chi connectivity index (χ4v) is 2.70. The van der Waals surface area contributed by atoms with Gasteiger partial charge in [-0.3, -0.25) is 4.99 Å². The standard InChI is InChI=1S/C20H20N2/c1-22(2)20-14-8-13-19(20)18-12-7-6-9-16(18)15-21-17-10-4-3-5-11-17/h3-12,14-15H,13H2,1-2H3. The van der Waals surface area contributed by atoms with Crippen molar-refractivity contribution < 1.29 is 0 Å². The predicted octanol–water partition coefficient (Wildman–Crippen LogP) is 4.67. The summed E-state index contributed by atoms with van der Waals surface area (Å²) in [4.78, 5) is 6.77. The summed E-state index contributed by atoms with van der Waals surface area (Å²) >= 11 is 0. The van der Waals surface area contributed by atoms with Gasteiger partial charge < -0.3 is 4.90 Å². The molecule has 110 valence electrons. The number of hydrogen-bond acceptors (Lipinski definition) is 2. The normalized spacial score (nSPS) is 14.1. The summed E-state index contributed by atoms with van der Waals surface area (Å²) in [6.07, 6.45) is 7.35. The number of para-hydroxylation sites is 1. The zero-order valence-electron chi connectivity index (χ0n) is 13.0. The molecule has 0 atom stereocenters. The van der Waals surface area contributed by atoms with Crippen LogP contribution in [0, 0.1) is 0 Å². The topological polar surface area (TPSA) is 15.6 Å². The van der Waals surface area contributed by atoms with E-state index in [1.807, 2.05) is 36.5 Å². The van der Waals surface area contributed by atoms with E-state index in [1.165, 1.54) is 16.8 Å². The second-order valence-corrected chi connectivity index (χ2v) is 5.55. The van der Waals surface area contributed by atoms with E-state index < -0.39 is 0 Å². The van der Waals surface area contributed by atoms with Crippen molar-refractivity contribution >= 4 is 17.5 Å². The largest absolute Gasteiger partial charge is 0.377 e. The maximum Gasteiger partial charge on any atom is 0.0629 e. The highest BCUT2D eigenvalue weighted by molar-refractivity contribution is 5.91. The molecule has 0 amide bonds. The maximum absolute atomic E-state index is 4.60. The molecule has 0 N–H and O–H groups in total. The minimum Gasteiger partial charge on any atom is -0.377 e. The number of nitrogens with zero attached hydrogens (tertiary/aromatic N) is 2. The minimum absolute atomic E-state index is 0.976. The molecule has 2 aromatic rings. The lowest BCUT2D eigenvalue weighted by atomic mass is 9.98. The van der Waals surface area contributed by atoms with E-state index in [0.29, 0.717) is 0 Å². The van der Waals surface area contributed by atoms with Crippen LogP contribution in [0.25, 0.3) is 5.57 Å². The van der Waals surface area contributed by atoms with Crippen LogP contribution < -0.4 is 0 Å². The third kappa shape index (κ3) is 3.01. The molecular formula is C20H20N2. The summed E-state index contributed by atoms with van der Waals surface area (Å²) in [6.45, 7) is 0. The van der Waals surface area contributed by atoms with Crippen LogP contribution in [0.4, 0.5) is 5.69 Å². The zero-order chi connectivity index (χ0) is 15.4. The first-order valence-corrected chi connectivity index (χ1v) is 7.51. The van der Waals surface area contributed by atoms with E-state index in [9.17, 15) is 0 Å². The van der Waals surface area contributed by atoms with Gasteiger partial charge in [-0.2, -0.15) is 0 Å². The lowest BCUT2D eigenvalue weighted by Crippen LogP contribution is -2.10. The van der Waals surface area contributed by atoms with Crippen molar-refractivity contribution in [1.82, 2.24) is 4.90 Å². The number of allylic oxidation sites excluding steroid dienone is 3. The van der Waals surface area contributed by atoms with Crippen molar-refractivity contribution in [3.8, 4) is 0 Å². The van der Waals surface area contributed by atoms with Gasteiger partial charge in [-0.05, 0) is 35.8 Å². The molecular weight excluding hydrogens is 268 g/mol. The van der Waals surface area contributed by atoms with Crippen molar-refractivity contribution in [2.75, 3.05) is 14.1 Å². The molecule has 0 heterocycles. The van der Waals surface area contributed by atoms with Crippen molar-refractivity contribution in [1.29, 1.82) is 0 Å². The molecule has 0 unspecified atom stereocenters. The van der Waals surface area contributed by atoms with E-state index in [0.717, 1.165) is 17.7 Å². The van der Waals surface area contributed by atoms with Crippen LogP contribution in [-0.2, 0) is 0 Å². The van der Waals surface area contributed by atoms with Gasteiger partial charge in [-0.25, -0.2) is 0 Å². The summed E-state index contributed by atoms with van der Waals surface area (Å²) in [7, 11) is 4.18. The Balaban J connectivity index is 1.98. The molecule has 0 radical (unpaired) electrons. The molecule has 0 saturated carbocycles. The minimum atomic E-state index is 0.976. The Bertz CT molecular complexity index is 737. The van der Waals surface area contributed by atoms with Gasteiger partial charge in [0.05, 0.1) is 5.69 Å². The number of likely N-dealkylation sites (N-methyl/N-ethyl adjacent to an activating group) is 1. The first kappa shape index (κ1) is 14.3. The van der Waals surface area contributed by atoms with Gasteiger partial charge in [0, 0.05) is 31.6 Å². The molecule has 0 spiro atoms. The fraction of sp³-hybridized carbons (Fsp3) is 0.150. The first-order valence-electron chi connectivity index (χ1n) is 7.51. The monoisotopic (exact) mass is 288 g/mol. The molecule has 2 nitrogen and oxygen atoms in total. The second-order valence-electron chi connectivity index (χ2n) is 5.55. The molecule has 0 fully saturated rings. The number of hydrogen-bond donors (Lipinski definition) is 0. The molecule has 22 heavy (non-hydrogen) atoms. The van der Waals surface area contributed by atoms with Gasteiger partial charge in [0.25, 0.3) is 0 Å². The summed E-state index contributed by atoms with van der Waals surface area (Å²) in [5.74, 6) is 0. The summed E-state index contributed by atoms with van der Waals surface area (Å²) < 4.78 is 0. The molecule has 0 saturated heterocycles. The second kappa shape index (κ2) is 6.44. The summed E-state index contributed by atoms with van der Waals surface area (Å²) in [5, 5.41) is 0. The molecule has 3 rings (SSSR count). The van der Waals surface area contributed by atoms with E-state index in [2.05, 4.69) is 60.4 Å². The Morgan fingerprint density at radius 1 is 0.955 bits per heavy atom. The van der Waals surface area contributed by atoms with E-state index in [1.54, 1.807) is 0 Å². The first-order chi connectivity index (χ1) is 10.8. The molecule has 0 aliphatic heterocycles. The van der Waals surface area contributed by atoms with Gasteiger partial charge in [0.2, 0.25) is 0 Å². The van der Waals surface area contributed by atoms with Gasteiger partial charge in [0.1, 0.15) is 0 Å². The average molecular weight is 288 g/mol. The van der Waals surface area contributed by atoms with E-state index in [4.69, 9.17) is 0 Å². The number of aliphatic imine (C=N–C) groups is 1. The van der Waals surface area contributed by atoms with Crippen molar-refractivity contribution in [2.45, 2.75) is 6.42 Å². The Morgan fingerprint density at radius 3 is 2.45 bits per heavy atom. The smallest absolute Gasteiger partial charge is 0.0629 e. The zero-order valence-corrected chi connectivity index (χ0v) is 13.0. The predicted molar refractivity (Wildman–Crippen MR) is 94.5 cm³/mol. The highest BCUT2D eigenvalue weighted by atomic mass is 15.1. The Labute approximate surface area is 132 Å². The Kier molecular flexibility index (Phi) is 4.19. The maximum atomic E-state index is 4.60. The highest BCUT2D eigenvalue weighted by Gasteiger charge is 2.14. The summed E-state index contributed by atoms with van der Waals surface area (Å²) in [6, 6.07) is 18.5. The van der Waals surface area contributed by atoms with Crippen LogP contribution >= 0.6 is 0 Å². The fourth-order valence-electron chi connectivity index (χ4n) is 2.70. The number of benzene rings is 2. The van der Waals surface area contributed by atoms with Gasteiger partial charge in [-0.1, -0.05) is 48.5 Å². The van der Waals surface area contributed by atoms with Crippen LogP contribution in [0.5, 0.6) is 0 Å². The molecule has 0 bridgehead atoms. The lowest BCUT2D eigenvalue weighted by Gasteiger charge is -2.17. The van der Waals surface area contributed by atoms with Crippen molar-refractivity contribution in [2.24, 2.45) is 4.99 Å². The van der Waals surface area contributed by atoms with Crippen LogP contribution in [0.1, 0.15) is 17.5 Å². The van der Waals surface area contributed by atoms with Crippen molar-refractivity contribution in [3.05, 3.63) is 83.6 Å². The molecule has 1 aliphatic rings. The average Bonchev–Trinajstić information content (AvgIpc) is 3.04. The third-order valence-corrected chi connectivity index (χ3v) is 3.78. The van der Waals surface area contributed by atoms with Gasteiger partial charge in [0.15, 0.2) is 0 Å². The molecule has 1 aliphatic carbocycles. The summed E-state index contributed by atoms with van der Waals surface area (Å²) in [5.41, 5.74) is 6.03. The quantitative estimate of drug-likeness (QED) is 0.746. The number of rotatable bonds is 4. The molecule has 2 heteroatoms. The molecule has 0 aromatic heterocycles. The third-order valence-electron chi connectivity index (χ3n) is 3.78. The van der Waals surface area contributed by atoms with Gasteiger partial charge >= 0.3 is 0 Å². The van der Waals surface area contributed by atoms with E-state index in [-0.39, 0.29) is 0 Å². The lowest BCUT2D eigenvalue weighted by molar-refractivity contribution is 0.533. The van der Waals surface area contributed by atoms with Crippen molar-refractivity contribution in [3.63, 3.8) is 0 Å². The highest BCUT2D eigenvalue weighted by Crippen LogP contribution is 2.31. The van der Waals surface area contributed by atoms with Gasteiger partial charge in [-0.15, -0.1) is 0 Å². The van der Waals surface area contributed by atoms with Crippen LogP contribution in [0.3, 0.4) is 0 Å². The molecule has 2 aromatic carbocycles. The van der Waals surface area contributed by atoms with Crippen LogP contribution in [0.15, 0.2) is 77.4 Å². The SMILES string of the molecule is CN(C)C1=C(c2ccccc2C=Nc2ccccc2)CC=C1. The van der Waals surface area contributed by atoms with E-state index >= 15 is 0 Å². The Hall–Kier alpha value is -2.61. The van der Waals surface area contributed by atoms with Crippen LogP contribution in [-0.4, -0.2) is 25.2 Å².